The van der Waals surface area contributed by atoms with Crippen molar-refractivity contribution in [3.63, 3.8) is 0 Å². The summed E-state index contributed by atoms with van der Waals surface area (Å²) in [4.78, 5) is 37.8. The number of fused-ring (bicyclic) bond motifs is 1. The third-order valence-corrected chi connectivity index (χ3v) is 5.78. The summed E-state index contributed by atoms with van der Waals surface area (Å²) in [6, 6.07) is 8.99. The Hall–Kier alpha value is -3.50. The van der Waals surface area contributed by atoms with Crippen molar-refractivity contribution >= 4 is 36.0 Å². The maximum atomic E-state index is 12.2. The van der Waals surface area contributed by atoms with Crippen molar-refractivity contribution in [2.24, 2.45) is 17.2 Å². The summed E-state index contributed by atoms with van der Waals surface area (Å²) in [5.41, 5.74) is 18.8. The van der Waals surface area contributed by atoms with Crippen LogP contribution in [0.4, 0.5) is 18.9 Å². The molecule has 0 saturated heterocycles. The van der Waals surface area contributed by atoms with Crippen LogP contribution < -0.4 is 33.3 Å². The van der Waals surface area contributed by atoms with Crippen LogP contribution in [0.5, 0.6) is 0 Å². The molecule has 1 aliphatic heterocycles. The van der Waals surface area contributed by atoms with E-state index in [1.54, 1.807) is 25.1 Å². The monoisotopic (exact) mass is 566 g/mol. The van der Waals surface area contributed by atoms with E-state index in [1.807, 2.05) is 0 Å². The molecule has 0 fully saturated rings. The smallest absolute Gasteiger partial charge is 0.423 e. The molecular weight excluding hydrogens is 532 g/mol. The third-order valence-electron chi connectivity index (χ3n) is 5.78. The van der Waals surface area contributed by atoms with Crippen LogP contribution in [0.2, 0.25) is 0 Å². The van der Waals surface area contributed by atoms with Gasteiger partial charge in [0.05, 0.1) is 31.2 Å². The summed E-state index contributed by atoms with van der Waals surface area (Å²) in [5.74, 6) is -1.42. The fraction of sp³-hybridized carbons (Fsp3) is 0.400. The zero-order chi connectivity index (χ0) is 29.9. The van der Waals surface area contributed by atoms with E-state index < -0.39 is 36.7 Å². The lowest BCUT2D eigenvalue weighted by atomic mass is 9.79. The van der Waals surface area contributed by atoms with E-state index in [-0.39, 0.29) is 32.0 Å². The van der Waals surface area contributed by atoms with Gasteiger partial charge in [0.1, 0.15) is 0 Å². The van der Waals surface area contributed by atoms with Crippen molar-refractivity contribution in [2.75, 3.05) is 38.0 Å². The van der Waals surface area contributed by atoms with Gasteiger partial charge in [0.25, 0.3) is 0 Å². The van der Waals surface area contributed by atoms with Crippen LogP contribution in [0.1, 0.15) is 23.1 Å². The molecule has 0 spiro atoms. The molecule has 1 unspecified atom stereocenters. The predicted octanol–water partition coefficient (Wildman–Crippen LogP) is -0.564. The number of halogens is 3. The molecule has 1 atom stereocenters. The minimum atomic E-state index is -4.21. The molecular formula is C25H34BF3N6O5. The first-order chi connectivity index (χ1) is 18.8. The van der Waals surface area contributed by atoms with Gasteiger partial charge >= 0.3 is 13.3 Å². The molecule has 0 aromatic heterocycles. The molecule has 218 valence electrons. The number of aryl methyl sites for hydroxylation is 1. The normalized spacial score (nSPS) is 13.1. The molecule has 2 aromatic carbocycles. The first-order valence-corrected chi connectivity index (χ1v) is 12.4. The summed E-state index contributed by atoms with van der Waals surface area (Å²) < 4.78 is 40.9. The molecule has 1 aliphatic rings. The number of nitrogens with one attached hydrogen (secondary N) is 2. The summed E-state index contributed by atoms with van der Waals surface area (Å²) in [5, 5.41) is 14.7. The molecule has 15 heteroatoms. The number of nitrogens with zero attached hydrogens (tertiary/aromatic N) is 1. The Morgan fingerprint density at radius 3 is 2.30 bits per heavy atom. The van der Waals surface area contributed by atoms with Crippen LogP contribution >= 0.6 is 0 Å². The second kappa shape index (κ2) is 15.3. The molecule has 1 heterocycles. The molecule has 0 aliphatic carbocycles. The molecule has 3 rings (SSSR count). The van der Waals surface area contributed by atoms with Crippen LogP contribution in [-0.4, -0.2) is 73.5 Å². The number of hydrogen-bond acceptors (Lipinski definition) is 8. The second-order valence-corrected chi connectivity index (χ2v) is 8.98. The van der Waals surface area contributed by atoms with Gasteiger partial charge in [-0.1, -0.05) is 23.8 Å². The highest BCUT2D eigenvalue weighted by molar-refractivity contribution is 6.61. The molecule has 0 radical (unpaired) electrons. The minimum Gasteiger partial charge on any atom is -0.423 e. The lowest BCUT2D eigenvalue weighted by Gasteiger charge is -2.22. The SMILES string of the molecule is Cc1ccc(C(F)(F)F)cc1.NCCN(CCN)C(=O)CC(N)C(=O)NCC(=O)Nc1ccc2c(c1)B(O)OC2. The standard InChI is InChI=1S/C17H27BN6O5.C8H7F3/c19-3-5-24(6-4-20)16(26)8-14(21)17(27)22-9-15(25)23-12-2-1-11-10-29-18(28)13(11)7-12;1-6-2-4-7(5-3-6)8(9,10)11/h1-2,7,14,28H,3-6,8-10,19-21H2,(H,22,27)(H,23,25);2-5H,1H3. The Morgan fingerprint density at radius 2 is 1.73 bits per heavy atom. The number of amides is 3. The van der Waals surface area contributed by atoms with Gasteiger partial charge in [-0.05, 0) is 42.2 Å². The van der Waals surface area contributed by atoms with Crippen LogP contribution in [0.3, 0.4) is 0 Å². The zero-order valence-corrected chi connectivity index (χ0v) is 22.0. The highest BCUT2D eigenvalue weighted by Crippen LogP contribution is 2.28. The van der Waals surface area contributed by atoms with E-state index in [0.29, 0.717) is 30.8 Å². The average molecular weight is 566 g/mol. The molecule has 0 saturated carbocycles. The topological polar surface area (TPSA) is 186 Å². The second-order valence-electron chi connectivity index (χ2n) is 8.98. The van der Waals surface area contributed by atoms with E-state index in [2.05, 4.69) is 10.6 Å². The molecule has 9 N–H and O–H groups in total. The zero-order valence-electron chi connectivity index (χ0n) is 22.0. The summed E-state index contributed by atoms with van der Waals surface area (Å²) in [6.45, 7) is 2.96. The van der Waals surface area contributed by atoms with E-state index in [0.717, 1.165) is 23.3 Å². The van der Waals surface area contributed by atoms with Crippen molar-refractivity contribution in [1.29, 1.82) is 0 Å². The Bertz CT molecular complexity index is 1150. The Kier molecular flexibility index (Phi) is 12.5. The lowest BCUT2D eigenvalue weighted by molar-refractivity contribution is -0.137. The average Bonchev–Trinajstić information content (AvgIpc) is 3.27. The van der Waals surface area contributed by atoms with Gasteiger partial charge in [-0.3, -0.25) is 14.4 Å². The number of alkyl halides is 3. The number of carbonyl (C=O) groups is 3. The maximum absolute atomic E-state index is 12.2. The largest absolute Gasteiger partial charge is 0.491 e. The quantitative estimate of drug-likeness (QED) is 0.207. The Labute approximate surface area is 230 Å². The summed E-state index contributed by atoms with van der Waals surface area (Å²) in [7, 11) is -1.02. The fourth-order valence-electron chi connectivity index (χ4n) is 3.62. The van der Waals surface area contributed by atoms with Crippen molar-refractivity contribution in [3.05, 3.63) is 59.2 Å². The molecule has 40 heavy (non-hydrogen) atoms. The number of nitrogens with two attached hydrogens (primary N) is 3. The first kappa shape index (κ1) is 32.7. The van der Waals surface area contributed by atoms with Crippen LogP contribution in [0, 0.1) is 6.92 Å². The van der Waals surface area contributed by atoms with Crippen molar-refractivity contribution < 1.29 is 37.2 Å². The highest BCUT2D eigenvalue weighted by Gasteiger charge is 2.30. The van der Waals surface area contributed by atoms with Crippen molar-refractivity contribution in [2.45, 2.75) is 32.2 Å². The summed E-state index contributed by atoms with van der Waals surface area (Å²) in [6.07, 6.45) is -4.43. The number of rotatable bonds is 10. The number of carbonyl (C=O) groups excluding carboxylic acids is 3. The van der Waals surface area contributed by atoms with E-state index in [9.17, 15) is 32.6 Å². The Morgan fingerprint density at radius 1 is 1.10 bits per heavy atom. The van der Waals surface area contributed by atoms with Gasteiger partial charge in [-0.15, -0.1) is 0 Å². The van der Waals surface area contributed by atoms with Crippen molar-refractivity contribution in [3.8, 4) is 0 Å². The van der Waals surface area contributed by atoms with Gasteiger partial charge < -0.3 is 42.4 Å². The Balaban J connectivity index is 0.000000425. The minimum absolute atomic E-state index is 0.212. The van der Waals surface area contributed by atoms with E-state index in [4.69, 9.17) is 21.9 Å². The summed E-state index contributed by atoms with van der Waals surface area (Å²) >= 11 is 0. The van der Waals surface area contributed by atoms with Gasteiger partial charge in [-0.25, -0.2) is 0 Å². The number of benzene rings is 2. The highest BCUT2D eigenvalue weighted by atomic mass is 19.4. The van der Waals surface area contributed by atoms with Crippen molar-refractivity contribution in [1.82, 2.24) is 10.2 Å². The predicted molar refractivity (Wildman–Crippen MR) is 144 cm³/mol. The first-order valence-electron chi connectivity index (χ1n) is 12.4. The van der Waals surface area contributed by atoms with E-state index in [1.165, 1.54) is 17.0 Å². The van der Waals surface area contributed by atoms with Gasteiger partial charge in [0.15, 0.2) is 0 Å². The lowest BCUT2D eigenvalue weighted by Crippen LogP contribution is -2.47. The van der Waals surface area contributed by atoms with E-state index >= 15 is 0 Å². The number of hydrogen-bond donors (Lipinski definition) is 6. The molecule has 2 aromatic rings. The third kappa shape index (κ3) is 10.2. The molecule has 11 nitrogen and oxygen atoms in total. The van der Waals surface area contributed by atoms with Crippen LogP contribution in [0.15, 0.2) is 42.5 Å². The molecule has 0 bridgehead atoms. The maximum Gasteiger partial charge on any atom is 0.491 e. The number of anilines is 1. The van der Waals surface area contributed by atoms with Gasteiger partial charge in [-0.2, -0.15) is 13.2 Å². The molecule has 3 amide bonds. The van der Waals surface area contributed by atoms with Crippen LogP contribution in [0.25, 0.3) is 0 Å². The fourth-order valence-corrected chi connectivity index (χ4v) is 3.62. The van der Waals surface area contributed by atoms with Gasteiger partial charge in [0.2, 0.25) is 17.7 Å². The van der Waals surface area contributed by atoms with Gasteiger partial charge in [0, 0.05) is 31.9 Å². The van der Waals surface area contributed by atoms with Crippen LogP contribution in [-0.2, 0) is 31.8 Å².